The van der Waals surface area contributed by atoms with Crippen LogP contribution >= 0.6 is 15.9 Å². The lowest BCUT2D eigenvalue weighted by Gasteiger charge is -2.10. The van der Waals surface area contributed by atoms with Crippen molar-refractivity contribution in [2.75, 3.05) is 19.0 Å². The molecule has 0 saturated carbocycles. The van der Waals surface area contributed by atoms with Crippen LogP contribution in [0.25, 0.3) is 0 Å². The maximum Gasteiger partial charge on any atom is 0.203 e. The average Bonchev–Trinajstić information content (AvgIpc) is 2.86. The molecule has 0 fully saturated rings. The molecule has 0 amide bonds. The molecule has 4 nitrogen and oxygen atoms in total. The van der Waals surface area contributed by atoms with Crippen LogP contribution < -0.4 is 5.32 Å². The molecule has 0 spiro atoms. The molecule has 0 aliphatic carbocycles. The zero-order valence-electron chi connectivity index (χ0n) is 11.0. The van der Waals surface area contributed by atoms with Crippen LogP contribution in [-0.4, -0.2) is 23.3 Å². The van der Waals surface area contributed by atoms with Gasteiger partial charge >= 0.3 is 0 Å². The third-order valence-electron chi connectivity index (χ3n) is 2.86. The summed E-state index contributed by atoms with van der Waals surface area (Å²) in [4.78, 5) is 4.34. The quantitative estimate of drug-likeness (QED) is 0.795. The standard InChI is InChI=1S/C14H18BrN3O/c1-19-10-4-8-18-9-7-16-14(18)17-11-12-5-2-3-6-13(12)15/h2-3,5-7,9H,4,8,10-11H2,1H3,(H,16,17). The van der Waals surface area contributed by atoms with Gasteiger partial charge in [-0.1, -0.05) is 34.1 Å². The summed E-state index contributed by atoms with van der Waals surface area (Å²) < 4.78 is 8.28. The van der Waals surface area contributed by atoms with Crippen molar-refractivity contribution in [3.63, 3.8) is 0 Å². The number of aromatic nitrogens is 2. The molecule has 1 aromatic carbocycles. The van der Waals surface area contributed by atoms with Gasteiger partial charge in [-0.25, -0.2) is 4.98 Å². The van der Waals surface area contributed by atoms with Gasteiger partial charge in [0.2, 0.25) is 5.95 Å². The van der Waals surface area contributed by atoms with Gasteiger partial charge in [-0.3, -0.25) is 0 Å². The summed E-state index contributed by atoms with van der Waals surface area (Å²) in [7, 11) is 1.72. The largest absolute Gasteiger partial charge is 0.385 e. The zero-order chi connectivity index (χ0) is 13.5. The zero-order valence-corrected chi connectivity index (χ0v) is 12.6. The Morgan fingerprint density at radius 2 is 2.21 bits per heavy atom. The summed E-state index contributed by atoms with van der Waals surface area (Å²) in [6.07, 6.45) is 4.78. The predicted molar refractivity (Wildman–Crippen MR) is 80.2 cm³/mol. The van der Waals surface area contributed by atoms with Crippen molar-refractivity contribution in [3.05, 3.63) is 46.7 Å². The van der Waals surface area contributed by atoms with Crippen LogP contribution in [0, 0.1) is 0 Å². The second kappa shape index (κ2) is 7.31. The number of hydrogen-bond donors (Lipinski definition) is 1. The number of anilines is 1. The van der Waals surface area contributed by atoms with Gasteiger partial charge in [0.25, 0.3) is 0 Å². The molecule has 0 saturated heterocycles. The molecule has 0 bridgehead atoms. The van der Waals surface area contributed by atoms with Gasteiger partial charge in [-0.2, -0.15) is 0 Å². The van der Waals surface area contributed by atoms with E-state index in [4.69, 9.17) is 4.74 Å². The predicted octanol–water partition coefficient (Wildman–Crippen LogP) is 3.29. The van der Waals surface area contributed by atoms with E-state index in [1.54, 1.807) is 7.11 Å². The summed E-state index contributed by atoms with van der Waals surface area (Å²) >= 11 is 3.55. The molecule has 102 valence electrons. The maximum atomic E-state index is 5.06. The lowest BCUT2D eigenvalue weighted by atomic mass is 10.2. The average molecular weight is 324 g/mol. The minimum absolute atomic E-state index is 0.753. The number of benzene rings is 1. The van der Waals surface area contributed by atoms with Crippen molar-refractivity contribution >= 4 is 21.9 Å². The minimum atomic E-state index is 0.753. The van der Waals surface area contributed by atoms with Crippen LogP contribution in [0.1, 0.15) is 12.0 Å². The van der Waals surface area contributed by atoms with Gasteiger partial charge in [-0.15, -0.1) is 0 Å². The Morgan fingerprint density at radius 3 is 3.00 bits per heavy atom. The van der Waals surface area contributed by atoms with E-state index in [-0.39, 0.29) is 0 Å². The molecule has 19 heavy (non-hydrogen) atoms. The molecule has 0 radical (unpaired) electrons. The molecule has 1 N–H and O–H groups in total. The highest BCUT2D eigenvalue weighted by atomic mass is 79.9. The topological polar surface area (TPSA) is 39.1 Å². The van der Waals surface area contributed by atoms with Crippen LogP contribution in [0.3, 0.4) is 0 Å². The second-order valence-electron chi connectivity index (χ2n) is 4.24. The number of halogens is 1. The lowest BCUT2D eigenvalue weighted by molar-refractivity contribution is 0.190. The van der Waals surface area contributed by atoms with E-state index in [0.717, 1.165) is 36.5 Å². The molecular weight excluding hydrogens is 306 g/mol. The number of hydrogen-bond acceptors (Lipinski definition) is 3. The van der Waals surface area contributed by atoms with Gasteiger partial charge in [0, 0.05) is 43.7 Å². The van der Waals surface area contributed by atoms with Crippen LogP contribution in [-0.2, 0) is 17.8 Å². The van der Waals surface area contributed by atoms with Gasteiger partial charge in [0.1, 0.15) is 0 Å². The Morgan fingerprint density at radius 1 is 1.37 bits per heavy atom. The van der Waals surface area contributed by atoms with Gasteiger partial charge in [0.05, 0.1) is 0 Å². The normalized spacial score (nSPS) is 10.6. The number of nitrogens with zero attached hydrogens (tertiary/aromatic N) is 2. The summed E-state index contributed by atoms with van der Waals surface area (Å²) in [5.41, 5.74) is 1.22. The maximum absolute atomic E-state index is 5.06. The molecule has 0 unspecified atom stereocenters. The summed E-state index contributed by atoms with van der Waals surface area (Å²) in [6, 6.07) is 8.18. The van der Waals surface area contributed by atoms with Crippen molar-refractivity contribution in [2.45, 2.75) is 19.5 Å². The van der Waals surface area contributed by atoms with Crippen molar-refractivity contribution in [1.82, 2.24) is 9.55 Å². The molecule has 1 aromatic heterocycles. The van der Waals surface area contributed by atoms with E-state index in [9.17, 15) is 0 Å². The van der Waals surface area contributed by atoms with E-state index >= 15 is 0 Å². The van der Waals surface area contributed by atoms with Gasteiger partial charge in [0.15, 0.2) is 0 Å². The highest BCUT2D eigenvalue weighted by Gasteiger charge is 2.03. The Hall–Kier alpha value is -1.33. The minimum Gasteiger partial charge on any atom is -0.385 e. The molecule has 0 aliphatic heterocycles. The van der Waals surface area contributed by atoms with E-state index in [0.29, 0.717) is 0 Å². The SMILES string of the molecule is COCCCn1ccnc1NCc1ccccc1Br. The van der Waals surface area contributed by atoms with Crippen molar-refractivity contribution in [1.29, 1.82) is 0 Å². The van der Waals surface area contributed by atoms with Crippen molar-refractivity contribution in [3.8, 4) is 0 Å². The van der Waals surface area contributed by atoms with E-state index < -0.39 is 0 Å². The van der Waals surface area contributed by atoms with Crippen molar-refractivity contribution in [2.24, 2.45) is 0 Å². The molecule has 0 atom stereocenters. The number of nitrogens with one attached hydrogen (secondary N) is 1. The van der Waals surface area contributed by atoms with Crippen LogP contribution in [0.15, 0.2) is 41.1 Å². The first-order valence-corrected chi connectivity index (χ1v) is 7.08. The van der Waals surface area contributed by atoms with E-state index in [1.165, 1.54) is 5.56 Å². The highest BCUT2D eigenvalue weighted by Crippen LogP contribution is 2.17. The van der Waals surface area contributed by atoms with Crippen LogP contribution in [0.2, 0.25) is 0 Å². The highest BCUT2D eigenvalue weighted by molar-refractivity contribution is 9.10. The first-order valence-electron chi connectivity index (χ1n) is 6.28. The molecular formula is C14H18BrN3O. The van der Waals surface area contributed by atoms with Crippen molar-refractivity contribution < 1.29 is 4.74 Å². The fourth-order valence-corrected chi connectivity index (χ4v) is 2.28. The molecule has 5 heteroatoms. The number of aryl methyl sites for hydroxylation is 1. The third kappa shape index (κ3) is 4.08. The van der Waals surface area contributed by atoms with Gasteiger partial charge < -0.3 is 14.6 Å². The fraction of sp³-hybridized carbons (Fsp3) is 0.357. The number of ether oxygens (including phenoxy) is 1. The lowest BCUT2D eigenvalue weighted by Crippen LogP contribution is -2.08. The Kier molecular flexibility index (Phi) is 5.42. The van der Waals surface area contributed by atoms with E-state index in [1.807, 2.05) is 30.6 Å². The number of methoxy groups -OCH3 is 1. The molecule has 0 aliphatic rings. The number of imidazole rings is 1. The number of rotatable bonds is 7. The molecule has 1 heterocycles. The summed E-state index contributed by atoms with van der Waals surface area (Å²) in [5, 5.41) is 3.36. The van der Waals surface area contributed by atoms with Gasteiger partial charge in [-0.05, 0) is 18.1 Å². The summed E-state index contributed by atoms with van der Waals surface area (Å²) in [5.74, 6) is 0.895. The Balaban J connectivity index is 1.93. The second-order valence-corrected chi connectivity index (χ2v) is 5.09. The molecule has 2 rings (SSSR count). The van der Waals surface area contributed by atoms with Crippen LogP contribution in [0.4, 0.5) is 5.95 Å². The Bertz CT molecular complexity index is 513. The Labute approximate surface area is 121 Å². The molecule has 2 aromatic rings. The smallest absolute Gasteiger partial charge is 0.203 e. The fourth-order valence-electron chi connectivity index (χ4n) is 1.85. The van der Waals surface area contributed by atoms with E-state index in [2.05, 4.69) is 36.9 Å². The first kappa shape index (κ1) is 14.1. The summed E-state index contributed by atoms with van der Waals surface area (Å²) in [6.45, 7) is 2.43. The monoisotopic (exact) mass is 323 g/mol. The third-order valence-corrected chi connectivity index (χ3v) is 3.63. The first-order chi connectivity index (χ1) is 9.31. The van der Waals surface area contributed by atoms with Crippen LogP contribution in [0.5, 0.6) is 0 Å².